The Labute approximate surface area is 127 Å². The molecule has 21 heavy (non-hydrogen) atoms. The van der Waals surface area contributed by atoms with Gasteiger partial charge >= 0.3 is 11.9 Å². The SMILES string of the molecule is CCCCCNC(/C=C/CCOC(=O)C(C)(C)C)C(=O)O. The van der Waals surface area contributed by atoms with Crippen LogP contribution in [0.15, 0.2) is 12.2 Å². The Bertz CT molecular complexity index is 345. The van der Waals surface area contributed by atoms with E-state index in [4.69, 9.17) is 9.84 Å². The van der Waals surface area contributed by atoms with Crippen molar-refractivity contribution in [1.82, 2.24) is 5.32 Å². The first-order valence-electron chi connectivity index (χ1n) is 7.59. The number of ether oxygens (including phenoxy) is 1. The first-order valence-corrected chi connectivity index (χ1v) is 7.59. The fourth-order valence-corrected chi connectivity index (χ4v) is 1.54. The summed E-state index contributed by atoms with van der Waals surface area (Å²) in [5.74, 6) is -1.14. The van der Waals surface area contributed by atoms with Gasteiger partial charge in [-0.25, -0.2) is 0 Å². The van der Waals surface area contributed by atoms with Gasteiger partial charge in [-0.2, -0.15) is 0 Å². The molecule has 0 spiro atoms. The van der Waals surface area contributed by atoms with E-state index in [9.17, 15) is 9.59 Å². The molecule has 0 bridgehead atoms. The van der Waals surface area contributed by atoms with Crippen molar-refractivity contribution in [2.24, 2.45) is 5.41 Å². The van der Waals surface area contributed by atoms with E-state index in [1.54, 1.807) is 32.9 Å². The maximum absolute atomic E-state index is 11.5. The molecule has 0 aliphatic heterocycles. The van der Waals surface area contributed by atoms with Crippen LogP contribution in [0, 0.1) is 5.41 Å². The van der Waals surface area contributed by atoms with Crippen LogP contribution in [0.4, 0.5) is 0 Å². The number of hydrogen-bond donors (Lipinski definition) is 2. The van der Waals surface area contributed by atoms with Gasteiger partial charge in [0.2, 0.25) is 0 Å². The summed E-state index contributed by atoms with van der Waals surface area (Å²) in [6.45, 7) is 8.46. The molecule has 5 heteroatoms. The molecule has 0 fully saturated rings. The summed E-state index contributed by atoms with van der Waals surface area (Å²) in [6.07, 6.45) is 7.03. The number of hydrogen-bond acceptors (Lipinski definition) is 4. The van der Waals surface area contributed by atoms with E-state index in [2.05, 4.69) is 12.2 Å². The molecule has 0 heterocycles. The molecule has 0 rings (SSSR count). The third kappa shape index (κ3) is 10.1. The molecular weight excluding hydrogens is 270 g/mol. The summed E-state index contributed by atoms with van der Waals surface area (Å²) < 4.78 is 5.10. The number of carboxylic acid groups (broad SMARTS) is 1. The van der Waals surface area contributed by atoms with Crippen molar-refractivity contribution in [3.63, 3.8) is 0 Å². The van der Waals surface area contributed by atoms with Crippen molar-refractivity contribution in [2.75, 3.05) is 13.2 Å². The minimum Gasteiger partial charge on any atom is -0.480 e. The molecule has 0 saturated heterocycles. The summed E-state index contributed by atoms with van der Waals surface area (Å²) in [5, 5.41) is 12.1. The second-order valence-corrected chi connectivity index (χ2v) is 6.08. The monoisotopic (exact) mass is 299 g/mol. The zero-order valence-corrected chi connectivity index (χ0v) is 13.6. The van der Waals surface area contributed by atoms with E-state index in [0.717, 1.165) is 19.3 Å². The lowest BCUT2D eigenvalue weighted by molar-refractivity contribution is -0.152. The van der Waals surface area contributed by atoms with E-state index < -0.39 is 17.4 Å². The van der Waals surface area contributed by atoms with Crippen LogP contribution >= 0.6 is 0 Å². The second kappa shape index (κ2) is 10.4. The van der Waals surface area contributed by atoms with Crippen LogP contribution in [0.25, 0.3) is 0 Å². The van der Waals surface area contributed by atoms with Crippen LogP contribution in [0.1, 0.15) is 53.4 Å². The average Bonchev–Trinajstić information content (AvgIpc) is 2.39. The highest BCUT2D eigenvalue weighted by atomic mass is 16.5. The molecular formula is C16H29NO4. The normalized spacial score (nSPS) is 13.3. The number of esters is 1. The number of carboxylic acids is 1. The predicted molar refractivity (Wildman–Crippen MR) is 83.1 cm³/mol. The summed E-state index contributed by atoms with van der Waals surface area (Å²) in [5.41, 5.74) is -0.506. The van der Waals surface area contributed by atoms with Crippen molar-refractivity contribution in [3.05, 3.63) is 12.2 Å². The van der Waals surface area contributed by atoms with E-state index in [1.807, 2.05) is 0 Å². The van der Waals surface area contributed by atoms with Crippen molar-refractivity contribution in [1.29, 1.82) is 0 Å². The summed E-state index contributed by atoms with van der Waals surface area (Å²) in [6, 6.07) is -0.680. The van der Waals surface area contributed by atoms with Crippen LogP contribution in [0.2, 0.25) is 0 Å². The van der Waals surface area contributed by atoms with E-state index in [-0.39, 0.29) is 12.6 Å². The van der Waals surface area contributed by atoms with Gasteiger partial charge in [-0.1, -0.05) is 31.9 Å². The Morgan fingerprint density at radius 1 is 1.29 bits per heavy atom. The highest BCUT2D eigenvalue weighted by Gasteiger charge is 2.22. The number of nitrogens with one attached hydrogen (secondary N) is 1. The van der Waals surface area contributed by atoms with Crippen molar-refractivity contribution in [2.45, 2.75) is 59.4 Å². The maximum atomic E-state index is 11.5. The molecule has 2 N–H and O–H groups in total. The van der Waals surface area contributed by atoms with Crippen LogP contribution in [-0.2, 0) is 14.3 Å². The summed E-state index contributed by atoms with van der Waals surface area (Å²) in [4.78, 5) is 22.6. The fraction of sp³-hybridized carbons (Fsp3) is 0.750. The standard InChI is InChI=1S/C16H29NO4/c1-5-6-8-11-17-13(14(18)19)10-7-9-12-21-15(20)16(2,3)4/h7,10,13,17H,5-6,8-9,11-12H2,1-4H3,(H,18,19)/b10-7+. The zero-order valence-electron chi connectivity index (χ0n) is 13.6. The minimum atomic E-state index is -0.894. The highest BCUT2D eigenvalue weighted by Crippen LogP contribution is 2.15. The van der Waals surface area contributed by atoms with Gasteiger partial charge in [0.1, 0.15) is 6.04 Å². The third-order valence-electron chi connectivity index (χ3n) is 2.87. The molecule has 122 valence electrons. The largest absolute Gasteiger partial charge is 0.480 e. The summed E-state index contributed by atoms with van der Waals surface area (Å²) >= 11 is 0. The Balaban J connectivity index is 4.00. The van der Waals surface area contributed by atoms with Gasteiger partial charge in [0, 0.05) is 0 Å². The van der Waals surface area contributed by atoms with Crippen LogP contribution in [0.3, 0.4) is 0 Å². The third-order valence-corrected chi connectivity index (χ3v) is 2.87. The van der Waals surface area contributed by atoms with Gasteiger partial charge in [0.15, 0.2) is 0 Å². The number of carbonyl (C=O) groups is 2. The van der Waals surface area contributed by atoms with Gasteiger partial charge in [0.05, 0.1) is 12.0 Å². The Hall–Kier alpha value is -1.36. The molecule has 0 aromatic carbocycles. The smallest absolute Gasteiger partial charge is 0.324 e. The summed E-state index contributed by atoms with van der Waals surface area (Å²) in [7, 11) is 0. The van der Waals surface area contributed by atoms with Crippen LogP contribution in [-0.4, -0.2) is 36.2 Å². The lowest BCUT2D eigenvalue weighted by Gasteiger charge is -2.16. The molecule has 1 unspecified atom stereocenters. The molecule has 5 nitrogen and oxygen atoms in total. The Morgan fingerprint density at radius 2 is 1.95 bits per heavy atom. The zero-order chi connectivity index (χ0) is 16.3. The van der Waals surface area contributed by atoms with Crippen molar-refractivity contribution >= 4 is 11.9 Å². The fourth-order valence-electron chi connectivity index (χ4n) is 1.54. The average molecular weight is 299 g/mol. The molecule has 0 aliphatic carbocycles. The minimum absolute atomic E-state index is 0.247. The molecule has 0 amide bonds. The molecule has 0 aliphatic rings. The van der Waals surface area contributed by atoms with Crippen molar-refractivity contribution < 1.29 is 19.4 Å². The van der Waals surface area contributed by atoms with Gasteiger partial charge in [-0.05, 0) is 40.2 Å². The number of aliphatic carboxylic acids is 1. The first-order chi connectivity index (χ1) is 9.79. The first kappa shape index (κ1) is 19.6. The quantitative estimate of drug-likeness (QED) is 0.368. The van der Waals surface area contributed by atoms with E-state index in [1.165, 1.54) is 0 Å². The lowest BCUT2D eigenvalue weighted by atomic mass is 9.97. The maximum Gasteiger partial charge on any atom is 0.324 e. The highest BCUT2D eigenvalue weighted by molar-refractivity contribution is 5.76. The molecule has 0 radical (unpaired) electrons. The molecule has 0 saturated carbocycles. The number of unbranched alkanes of at least 4 members (excludes halogenated alkanes) is 2. The van der Waals surface area contributed by atoms with Gasteiger partial charge in [0.25, 0.3) is 0 Å². The molecule has 0 aromatic rings. The molecule has 1 atom stereocenters. The van der Waals surface area contributed by atoms with Crippen LogP contribution < -0.4 is 5.32 Å². The lowest BCUT2D eigenvalue weighted by Crippen LogP contribution is -2.35. The van der Waals surface area contributed by atoms with E-state index in [0.29, 0.717) is 13.0 Å². The van der Waals surface area contributed by atoms with Gasteiger partial charge in [-0.15, -0.1) is 0 Å². The number of rotatable bonds is 10. The second-order valence-electron chi connectivity index (χ2n) is 6.08. The predicted octanol–water partition coefficient (Wildman–Crippen LogP) is 2.76. The van der Waals surface area contributed by atoms with E-state index >= 15 is 0 Å². The Morgan fingerprint density at radius 3 is 2.48 bits per heavy atom. The molecule has 0 aromatic heterocycles. The topological polar surface area (TPSA) is 75.6 Å². The van der Waals surface area contributed by atoms with Gasteiger partial charge in [-0.3, -0.25) is 9.59 Å². The number of carbonyl (C=O) groups excluding carboxylic acids is 1. The van der Waals surface area contributed by atoms with Crippen molar-refractivity contribution in [3.8, 4) is 0 Å². The van der Waals surface area contributed by atoms with Gasteiger partial charge < -0.3 is 15.2 Å². The van der Waals surface area contributed by atoms with Crippen LogP contribution in [0.5, 0.6) is 0 Å². The Kier molecular flexibility index (Phi) is 9.71.